The summed E-state index contributed by atoms with van der Waals surface area (Å²) in [4.78, 5) is 4.14. The smallest absolute Gasteiger partial charge is 0.119 e. The van der Waals surface area contributed by atoms with Crippen molar-refractivity contribution in [2.45, 2.75) is 29.7 Å². The fraction of sp³-hybridized carbons (Fsp3) is 0.417. The van der Waals surface area contributed by atoms with Crippen molar-refractivity contribution in [1.29, 1.82) is 0 Å². The highest BCUT2D eigenvalue weighted by molar-refractivity contribution is 7.99. The number of thioether (sulfide) groups is 1. The lowest BCUT2D eigenvalue weighted by atomic mass is 9.88. The van der Waals surface area contributed by atoms with Crippen molar-refractivity contribution in [3.8, 4) is 16.9 Å². The lowest BCUT2D eigenvalue weighted by Gasteiger charge is -2.33. The summed E-state index contributed by atoms with van der Waals surface area (Å²) in [5, 5.41) is 12.9. The molecule has 5 rings (SSSR count). The Morgan fingerprint density at radius 2 is 2.24 bits per heavy atom. The quantitative estimate of drug-likeness (QED) is 0.797. The molecule has 1 fully saturated rings. The van der Waals surface area contributed by atoms with Gasteiger partial charge in [-0.15, -0.1) is 11.8 Å². The van der Waals surface area contributed by atoms with Crippen LogP contribution in [0.4, 0.5) is 5.69 Å². The fourth-order valence-electron chi connectivity index (χ4n) is 5.13. The highest BCUT2D eigenvalue weighted by Gasteiger charge is 2.41. The summed E-state index contributed by atoms with van der Waals surface area (Å²) >= 11 is 2.01. The predicted octanol–water partition coefficient (Wildman–Crippen LogP) is 4.13. The Labute approximate surface area is 177 Å². The number of benzene rings is 2. The van der Waals surface area contributed by atoms with E-state index in [1.165, 1.54) is 52.4 Å². The Hall–Kier alpha value is -1.95. The number of hydrogen-bond donors (Lipinski definition) is 2. The van der Waals surface area contributed by atoms with E-state index >= 15 is 0 Å². The lowest BCUT2D eigenvalue weighted by molar-refractivity contribution is 0.343. The molecule has 0 bridgehead atoms. The third kappa shape index (κ3) is 3.35. The Kier molecular flexibility index (Phi) is 5.29. The molecular weight excluding hydrogens is 380 g/mol. The van der Waals surface area contributed by atoms with Crippen LogP contribution in [-0.4, -0.2) is 50.3 Å². The molecule has 2 atom stereocenters. The molecule has 3 heterocycles. The van der Waals surface area contributed by atoms with Crippen LogP contribution in [0.25, 0.3) is 17.2 Å². The van der Waals surface area contributed by atoms with Crippen LogP contribution in [0.5, 0.6) is 5.75 Å². The molecule has 0 amide bonds. The van der Waals surface area contributed by atoms with Gasteiger partial charge in [0.15, 0.2) is 0 Å². The van der Waals surface area contributed by atoms with Crippen molar-refractivity contribution in [3.05, 3.63) is 47.5 Å². The molecule has 2 aromatic rings. The molecule has 4 nitrogen and oxygen atoms in total. The number of aliphatic hydroxyl groups is 1. The third-order valence-electron chi connectivity index (χ3n) is 6.41. The minimum Gasteiger partial charge on any atom is -0.497 e. The maximum absolute atomic E-state index is 9.29. The van der Waals surface area contributed by atoms with Gasteiger partial charge in [-0.3, -0.25) is 0 Å². The maximum Gasteiger partial charge on any atom is 0.119 e. The summed E-state index contributed by atoms with van der Waals surface area (Å²) < 4.78 is 5.44. The van der Waals surface area contributed by atoms with Crippen LogP contribution < -0.4 is 15.0 Å². The molecule has 5 heteroatoms. The van der Waals surface area contributed by atoms with Crippen LogP contribution >= 0.6 is 11.8 Å². The normalized spacial score (nSPS) is 23.0. The summed E-state index contributed by atoms with van der Waals surface area (Å²) in [5.74, 6) is 2.59. The van der Waals surface area contributed by atoms with Crippen molar-refractivity contribution < 1.29 is 9.84 Å². The van der Waals surface area contributed by atoms with Crippen molar-refractivity contribution >= 4 is 23.5 Å². The molecule has 29 heavy (non-hydrogen) atoms. The minimum atomic E-state index is 0.0341. The van der Waals surface area contributed by atoms with Crippen LogP contribution in [0.15, 0.2) is 41.3 Å². The van der Waals surface area contributed by atoms with Gasteiger partial charge < -0.3 is 20.1 Å². The van der Waals surface area contributed by atoms with Gasteiger partial charge in [-0.25, -0.2) is 0 Å². The number of nitrogens with zero attached hydrogens (tertiary/aromatic N) is 1. The zero-order chi connectivity index (χ0) is 19.8. The third-order valence-corrected chi connectivity index (χ3v) is 7.53. The van der Waals surface area contributed by atoms with Crippen molar-refractivity contribution in [3.63, 3.8) is 0 Å². The number of rotatable bonds is 4. The number of aliphatic hydroxyl groups excluding tert-OH is 1. The van der Waals surface area contributed by atoms with E-state index < -0.39 is 0 Å². The van der Waals surface area contributed by atoms with Gasteiger partial charge in [0.1, 0.15) is 5.75 Å². The molecule has 1 saturated heterocycles. The van der Waals surface area contributed by atoms with Crippen LogP contribution in [0.1, 0.15) is 29.9 Å². The Morgan fingerprint density at radius 3 is 3.10 bits per heavy atom. The van der Waals surface area contributed by atoms with Crippen LogP contribution in [0.3, 0.4) is 0 Å². The van der Waals surface area contributed by atoms with Gasteiger partial charge in [0.25, 0.3) is 0 Å². The Balaban J connectivity index is 1.66. The molecular formula is C24H28N2O2S. The molecule has 0 radical (unpaired) electrons. The summed E-state index contributed by atoms with van der Waals surface area (Å²) in [6.45, 7) is 3.41. The SMILES string of the molecule is COc1ccc(-c2cc3c4c(c2)[C@@H]2CNCC[C@@H]2N4CCCS3)c(/C=C\CO)c1. The number of hydrogen-bond acceptors (Lipinski definition) is 5. The Morgan fingerprint density at radius 1 is 1.31 bits per heavy atom. The monoisotopic (exact) mass is 408 g/mol. The molecule has 152 valence electrons. The lowest BCUT2D eigenvalue weighted by Crippen LogP contribution is -2.44. The van der Waals surface area contributed by atoms with Gasteiger partial charge >= 0.3 is 0 Å². The molecule has 0 spiro atoms. The van der Waals surface area contributed by atoms with Gasteiger partial charge in [0.2, 0.25) is 0 Å². The zero-order valence-corrected chi connectivity index (χ0v) is 17.7. The van der Waals surface area contributed by atoms with E-state index in [2.05, 4.69) is 34.5 Å². The first-order chi connectivity index (χ1) is 14.3. The molecule has 2 N–H and O–H groups in total. The molecule has 0 aliphatic carbocycles. The first kappa shape index (κ1) is 19.0. The van der Waals surface area contributed by atoms with Crippen LogP contribution in [0, 0.1) is 0 Å². The topological polar surface area (TPSA) is 44.7 Å². The van der Waals surface area contributed by atoms with Gasteiger partial charge in [-0.2, -0.15) is 0 Å². The van der Waals surface area contributed by atoms with Crippen LogP contribution in [0.2, 0.25) is 0 Å². The summed E-state index contributed by atoms with van der Waals surface area (Å²) in [6.07, 6.45) is 6.26. The second kappa shape index (κ2) is 8.05. The molecule has 3 aliphatic heterocycles. The number of fused-ring (bicyclic) bond motifs is 3. The van der Waals surface area contributed by atoms with E-state index in [0.29, 0.717) is 12.0 Å². The summed E-state index contributed by atoms with van der Waals surface area (Å²) in [7, 11) is 1.69. The van der Waals surface area contributed by atoms with E-state index in [4.69, 9.17) is 4.74 Å². The average Bonchev–Trinajstić information content (AvgIpc) is 2.92. The van der Waals surface area contributed by atoms with Crippen LogP contribution in [-0.2, 0) is 0 Å². The van der Waals surface area contributed by atoms with E-state index in [0.717, 1.165) is 24.4 Å². The van der Waals surface area contributed by atoms with E-state index in [9.17, 15) is 5.11 Å². The summed E-state index contributed by atoms with van der Waals surface area (Å²) in [6, 6.07) is 11.7. The molecule has 0 unspecified atom stereocenters. The number of anilines is 1. The first-order valence-corrected chi connectivity index (χ1v) is 11.5. The summed E-state index contributed by atoms with van der Waals surface area (Å²) in [5.41, 5.74) is 6.54. The van der Waals surface area contributed by atoms with Gasteiger partial charge in [-0.05, 0) is 71.7 Å². The number of piperidine rings is 1. The van der Waals surface area contributed by atoms with Gasteiger partial charge in [-0.1, -0.05) is 18.2 Å². The molecule has 3 aliphatic rings. The predicted molar refractivity (Wildman–Crippen MR) is 121 cm³/mol. The second-order valence-corrected chi connectivity index (χ2v) is 9.15. The highest BCUT2D eigenvalue weighted by atomic mass is 32.2. The standard InChI is InChI=1S/C24H28N2O2S/c1-28-18-5-6-19(16(12-18)4-2-10-27)17-13-20-21-15-25-8-7-22(21)26-9-3-11-29-23(14-17)24(20)26/h2,4-6,12-14,21-22,25,27H,3,7-11,15H2,1H3/b4-2-/t21-,22-/m0/s1. The van der Waals surface area contributed by atoms with E-state index in [1.54, 1.807) is 13.2 Å². The second-order valence-electron chi connectivity index (χ2n) is 8.01. The van der Waals surface area contributed by atoms with Crippen molar-refractivity contribution in [1.82, 2.24) is 5.32 Å². The van der Waals surface area contributed by atoms with Gasteiger partial charge in [0.05, 0.1) is 19.4 Å². The largest absolute Gasteiger partial charge is 0.497 e. The highest BCUT2D eigenvalue weighted by Crippen LogP contribution is 2.51. The maximum atomic E-state index is 9.29. The molecule has 0 saturated carbocycles. The molecule has 2 aromatic carbocycles. The first-order valence-electron chi connectivity index (χ1n) is 10.5. The average molecular weight is 409 g/mol. The Bertz CT molecular complexity index is 943. The van der Waals surface area contributed by atoms with Gasteiger partial charge in [0, 0.05) is 29.9 Å². The zero-order valence-electron chi connectivity index (χ0n) is 16.9. The van der Waals surface area contributed by atoms with E-state index in [-0.39, 0.29) is 6.61 Å². The number of ether oxygens (including phenoxy) is 1. The minimum absolute atomic E-state index is 0.0341. The van der Waals surface area contributed by atoms with E-state index in [1.807, 2.05) is 23.9 Å². The number of methoxy groups -OCH3 is 1. The number of nitrogens with one attached hydrogen (secondary N) is 1. The van der Waals surface area contributed by atoms with Crippen molar-refractivity contribution in [2.75, 3.05) is 44.0 Å². The van der Waals surface area contributed by atoms with Crippen molar-refractivity contribution in [2.24, 2.45) is 0 Å². The molecule has 0 aromatic heterocycles. The fourth-order valence-corrected chi connectivity index (χ4v) is 6.20.